The van der Waals surface area contributed by atoms with Crippen LogP contribution in [-0.4, -0.2) is 65.7 Å². The van der Waals surface area contributed by atoms with Crippen LogP contribution in [0.3, 0.4) is 0 Å². The van der Waals surface area contributed by atoms with Crippen molar-refractivity contribution < 1.29 is 14.4 Å². The van der Waals surface area contributed by atoms with Crippen molar-refractivity contribution in [2.24, 2.45) is 0 Å². The molecule has 1 aliphatic heterocycles. The van der Waals surface area contributed by atoms with Crippen molar-refractivity contribution in [3.05, 3.63) is 53.9 Å². The molecule has 0 spiro atoms. The van der Waals surface area contributed by atoms with E-state index in [0.717, 1.165) is 13.1 Å². The summed E-state index contributed by atoms with van der Waals surface area (Å²) < 4.78 is 0. The number of rotatable bonds is 4. The molecule has 2 N–H and O–H groups in total. The Bertz CT molecular complexity index is 874. The van der Waals surface area contributed by atoms with Crippen molar-refractivity contribution >= 4 is 29.1 Å². The van der Waals surface area contributed by atoms with Gasteiger partial charge in [-0.25, -0.2) is 0 Å². The summed E-state index contributed by atoms with van der Waals surface area (Å²) in [5.41, 5.74) is 1.83. The molecule has 1 fully saturated rings. The number of hydrogen-bond acceptors (Lipinski definition) is 5. The van der Waals surface area contributed by atoms with Gasteiger partial charge in [-0.05, 0) is 43.4 Å². The molecule has 28 heavy (non-hydrogen) atoms. The molecule has 1 aromatic carbocycles. The molecule has 3 rings (SSSR count). The Morgan fingerprint density at radius 3 is 2.14 bits per heavy atom. The van der Waals surface area contributed by atoms with Gasteiger partial charge in [0.05, 0.1) is 0 Å². The minimum absolute atomic E-state index is 0.0933. The van der Waals surface area contributed by atoms with E-state index in [9.17, 15) is 14.4 Å². The lowest BCUT2D eigenvalue weighted by Crippen LogP contribution is -2.47. The number of benzene rings is 1. The molecular weight excluding hydrogens is 358 g/mol. The first kappa shape index (κ1) is 19.5. The van der Waals surface area contributed by atoms with Gasteiger partial charge in [-0.15, -0.1) is 0 Å². The number of pyridine rings is 1. The Balaban J connectivity index is 1.66. The SMILES string of the molecule is CC(=O)Nc1ccc(NC(=O)c2cc(C(=O)N3CCN(C)CC3)ccn2)cc1. The highest BCUT2D eigenvalue weighted by Gasteiger charge is 2.21. The van der Waals surface area contributed by atoms with Crippen LogP contribution < -0.4 is 10.6 Å². The first-order chi connectivity index (χ1) is 13.4. The van der Waals surface area contributed by atoms with Crippen LogP contribution in [0.1, 0.15) is 27.8 Å². The lowest BCUT2D eigenvalue weighted by Gasteiger charge is -2.32. The topological polar surface area (TPSA) is 94.6 Å². The van der Waals surface area contributed by atoms with Crippen LogP contribution in [0.15, 0.2) is 42.6 Å². The number of aromatic nitrogens is 1. The highest BCUT2D eigenvalue weighted by Crippen LogP contribution is 2.15. The second-order valence-electron chi connectivity index (χ2n) is 6.74. The molecule has 1 aromatic heterocycles. The maximum Gasteiger partial charge on any atom is 0.274 e. The molecule has 8 nitrogen and oxygen atoms in total. The average Bonchev–Trinajstić information content (AvgIpc) is 2.69. The third-order valence-electron chi connectivity index (χ3n) is 4.49. The van der Waals surface area contributed by atoms with Crippen molar-refractivity contribution in [1.82, 2.24) is 14.8 Å². The number of carbonyl (C=O) groups excluding carboxylic acids is 3. The monoisotopic (exact) mass is 381 g/mol. The molecule has 0 atom stereocenters. The summed E-state index contributed by atoms with van der Waals surface area (Å²) >= 11 is 0. The summed E-state index contributed by atoms with van der Waals surface area (Å²) in [5.74, 6) is -0.660. The molecule has 1 aliphatic rings. The average molecular weight is 381 g/mol. The number of anilines is 2. The molecule has 0 unspecified atom stereocenters. The fourth-order valence-corrected chi connectivity index (χ4v) is 2.92. The van der Waals surface area contributed by atoms with E-state index in [1.807, 2.05) is 7.05 Å². The van der Waals surface area contributed by atoms with Gasteiger partial charge in [-0.3, -0.25) is 19.4 Å². The quantitative estimate of drug-likeness (QED) is 0.840. The largest absolute Gasteiger partial charge is 0.336 e. The van der Waals surface area contributed by atoms with Gasteiger partial charge in [0.15, 0.2) is 0 Å². The van der Waals surface area contributed by atoms with Crippen LogP contribution in [-0.2, 0) is 4.79 Å². The van der Waals surface area contributed by atoms with Crippen molar-refractivity contribution in [2.45, 2.75) is 6.92 Å². The molecule has 0 radical (unpaired) electrons. The van der Waals surface area contributed by atoms with E-state index in [1.54, 1.807) is 35.2 Å². The predicted octanol–water partition coefficient (Wildman–Crippen LogP) is 1.68. The normalized spacial score (nSPS) is 14.4. The number of piperazine rings is 1. The van der Waals surface area contributed by atoms with Crippen LogP contribution in [0.25, 0.3) is 0 Å². The minimum atomic E-state index is -0.402. The second-order valence-corrected chi connectivity index (χ2v) is 6.74. The fraction of sp³-hybridized carbons (Fsp3) is 0.300. The van der Waals surface area contributed by atoms with Crippen LogP contribution >= 0.6 is 0 Å². The van der Waals surface area contributed by atoms with Gasteiger partial charge < -0.3 is 20.4 Å². The van der Waals surface area contributed by atoms with E-state index in [4.69, 9.17) is 0 Å². The molecule has 2 heterocycles. The number of hydrogen-bond donors (Lipinski definition) is 2. The molecule has 0 saturated carbocycles. The Kier molecular flexibility index (Phi) is 6.00. The van der Waals surface area contributed by atoms with E-state index in [1.165, 1.54) is 19.2 Å². The molecule has 146 valence electrons. The summed E-state index contributed by atoms with van der Waals surface area (Å²) in [6.45, 7) is 4.43. The predicted molar refractivity (Wildman–Crippen MR) is 106 cm³/mol. The van der Waals surface area contributed by atoms with Crippen LogP contribution in [0, 0.1) is 0 Å². The summed E-state index contributed by atoms with van der Waals surface area (Å²) in [5, 5.41) is 5.41. The lowest BCUT2D eigenvalue weighted by molar-refractivity contribution is -0.114. The zero-order chi connectivity index (χ0) is 20.1. The maximum atomic E-state index is 12.7. The molecule has 3 amide bonds. The van der Waals surface area contributed by atoms with Crippen molar-refractivity contribution in [2.75, 3.05) is 43.9 Å². The first-order valence-electron chi connectivity index (χ1n) is 9.05. The van der Waals surface area contributed by atoms with Gasteiger partial charge in [0.2, 0.25) is 5.91 Å². The van der Waals surface area contributed by atoms with Crippen LogP contribution in [0.2, 0.25) is 0 Å². The van der Waals surface area contributed by atoms with E-state index >= 15 is 0 Å². The van der Waals surface area contributed by atoms with Crippen LogP contribution in [0.5, 0.6) is 0 Å². The van der Waals surface area contributed by atoms with Crippen molar-refractivity contribution in [1.29, 1.82) is 0 Å². The third-order valence-corrected chi connectivity index (χ3v) is 4.49. The number of amides is 3. The van der Waals surface area contributed by atoms with Gasteiger partial charge in [0.1, 0.15) is 5.69 Å². The molecule has 0 bridgehead atoms. The minimum Gasteiger partial charge on any atom is -0.336 e. The highest BCUT2D eigenvalue weighted by atomic mass is 16.2. The van der Waals surface area contributed by atoms with E-state index in [2.05, 4.69) is 20.5 Å². The zero-order valence-corrected chi connectivity index (χ0v) is 15.9. The van der Waals surface area contributed by atoms with Gasteiger partial charge in [-0.1, -0.05) is 0 Å². The first-order valence-corrected chi connectivity index (χ1v) is 9.05. The fourth-order valence-electron chi connectivity index (χ4n) is 2.92. The van der Waals surface area contributed by atoms with Gasteiger partial charge in [0.25, 0.3) is 11.8 Å². The number of carbonyl (C=O) groups is 3. The summed E-state index contributed by atoms with van der Waals surface area (Å²) in [6.07, 6.45) is 1.47. The van der Waals surface area contributed by atoms with E-state index < -0.39 is 5.91 Å². The summed E-state index contributed by atoms with van der Waals surface area (Å²) in [4.78, 5) is 44.3. The van der Waals surface area contributed by atoms with Gasteiger partial charge in [-0.2, -0.15) is 0 Å². The Morgan fingerprint density at radius 2 is 1.54 bits per heavy atom. The number of likely N-dealkylation sites (N-methyl/N-ethyl adjacent to an activating group) is 1. The standard InChI is InChI=1S/C20H23N5O3/c1-14(26)22-16-3-5-17(6-4-16)23-19(27)18-13-15(7-8-21-18)20(28)25-11-9-24(2)10-12-25/h3-8,13H,9-12H2,1-2H3,(H,22,26)(H,23,27). The van der Waals surface area contributed by atoms with E-state index in [0.29, 0.717) is 30.0 Å². The van der Waals surface area contributed by atoms with Gasteiger partial charge >= 0.3 is 0 Å². The van der Waals surface area contributed by atoms with Gasteiger partial charge in [0, 0.05) is 56.2 Å². The van der Waals surface area contributed by atoms with Crippen molar-refractivity contribution in [3.8, 4) is 0 Å². The van der Waals surface area contributed by atoms with Crippen molar-refractivity contribution in [3.63, 3.8) is 0 Å². The summed E-state index contributed by atoms with van der Waals surface area (Å²) in [6, 6.07) is 9.89. The molecular formula is C20H23N5O3. The molecule has 0 aliphatic carbocycles. The maximum absolute atomic E-state index is 12.7. The smallest absolute Gasteiger partial charge is 0.274 e. The Hall–Kier alpha value is -3.26. The molecule has 8 heteroatoms. The third kappa shape index (κ3) is 4.92. The highest BCUT2D eigenvalue weighted by molar-refractivity contribution is 6.05. The Labute approximate surface area is 163 Å². The van der Waals surface area contributed by atoms with Crippen LogP contribution in [0.4, 0.5) is 11.4 Å². The van der Waals surface area contributed by atoms with E-state index in [-0.39, 0.29) is 17.5 Å². The number of nitrogens with zero attached hydrogens (tertiary/aromatic N) is 3. The number of nitrogens with one attached hydrogen (secondary N) is 2. The second kappa shape index (κ2) is 8.62. The zero-order valence-electron chi connectivity index (χ0n) is 15.9. The molecule has 2 aromatic rings. The summed E-state index contributed by atoms with van der Waals surface area (Å²) in [7, 11) is 2.03. The lowest BCUT2D eigenvalue weighted by atomic mass is 10.1. The molecule has 1 saturated heterocycles. The Morgan fingerprint density at radius 1 is 0.929 bits per heavy atom.